The van der Waals surface area contributed by atoms with Gasteiger partial charge in [0.05, 0.1) is 18.7 Å². The van der Waals surface area contributed by atoms with Gasteiger partial charge in [-0.2, -0.15) is 0 Å². The second-order valence-electron chi connectivity index (χ2n) is 5.41. The van der Waals surface area contributed by atoms with Crippen LogP contribution < -0.4 is 15.5 Å². The first kappa shape index (κ1) is 16.9. The number of rotatable bonds is 6. The van der Waals surface area contributed by atoms with E-state index >= 15 is 0 Å². The zero-order valence-electron chi connectivity index (χ0n) is 12.9. The van der Waals surface area contributed by atoms with E-state index in [9.17, 15) is 0 Å². The predicted octanol–water partition coefficient (Wildman–Crippen LogP) is 1.92. The predicted molar refractivity (Wildman–Crippen MR) is 94.1 cm³/mol. The number of halogens is 1. The molecule has 2 rings (SSSR count). The molecule has 0 amide bonds. The third-order valence-corrected chi connectivity index (χ3v) is 4.06. The lowest BCUT2D eigenvalue weighted by Gasteiger charge is -2.21. The van der Waals surface area contributed by atoms with E-state index in [0.29, 0.717) is 24.2 Å². The van der Waals surface area contributed by atoms with E-state index in [1.165, 1.54) is 4.90 Å². The van der Waals surface area contributed by atoms with Crippen molar-refractivity contribution < 1.29 is 0 Å². The number of likely N-dealkylation sites (N-methyl/N-ethyl adjacent to an activating group) is 1. The Kier molecular flexibility index (Phi) is 5.87. The zero-order chi connectivity index (χ0) is 16.1. The first-order valence-corrected chi connectivity index (χ1v) is 7.97. The van der Waals surface area contributed by atoms with Crippen molar-refractivity contribution in [2.45, 2.75) is 19.4 Å². The maximum Gasteiger partial charge on any atom is 0.151 e. The van der Waals surface area contributed by atoms with Gasteiger partial charge in [-0.3, -0.25) is 21.0 Å². The topological polar surface area (TPSA) is 91.1 Å². The fraction of sp³-hybridized carbons (Fsp3) is 0.500. The van der Waals surface area contributed by atoms with E-state index in [2.05, 4.69) is 43.5 Å². The number of hydrogen-bond donors (Lipinski definition) is 4. The number of aromatic nitrogens is 1. The summed E-state index contributed by atoms with van der Waals surface area (Å²) >= 11 is 3.39. The summed E-state index contributed by atoms with van der Waals surface area (Å²) < 4.78 is 0.812. The molecule has 8 heteroatoms. The maximum absolute atomic E-state index is 7.77. The molecule has 0 aliphatic carbocycles. The number of nitrogens with one attached hydrogen (secondary N) is 4. The molecular weight excluding hydrogens is 346 g/mol. The summed E-state index contributed by atoms with van der Waals surface area (Å²) in [6.07, 6.45) is 3.97. The Morgan fingerprint density at radius 3 is 3.00 bits per heavy atom. The van der Waals surface area contributed by atoms with Gasteiger partial charge in [-0.15, -0.1) is 0 Å². The fourth-order valence-electron chi connectivity index (χ4n) is 2.48. The number of anilines is 2. The number of likely N-dealkylation sites (tertiary alicyclic amines) is 1. The number of hydrogen-bond acceptors (Lipinski definition) is 6. The van der Waals surface area contributed by atoms with E-state index in [0.717, 1.165) is 30.3 Å². The van der Waals surface area contributed by atoms with Gasteiger partial charge in [0.1, 0.15) is 5.84 Å². The van der Waals surface area contributed by atoms with E-state index in [4.69, 9.17) is 10.8 Å². The summed E-state index contributed by atoms with van der Waals surface area (Å²) in [6.45, 7) is 4.41. The van der Waals surface area contributed by atoms with Crippen molar-refractivity contribution in [1.29, 1.82) is 10.8 Å². The number of amidine groups is 1. The highest BCUT2D eigenvalue weighted by Gasteiger charge is 2.19. The summed E-state index contributed by atoms with van der Waals surface area (Å²) in [5.41, 5.74) is 0.683. The second-order valence-corrected chi connectivity index (χ2v) is 6.33. The molecule has 0 radical (unpaired) electrons. The average Bonchev–Trinajstić information content (AvgIpc) is 2.87. The van der Waals surface area contributed by atoms with E-state index < -0.39 is 0 Å². The van der Waals surface area contributed by atoms with Gasteiger partial charge >= 0.3 is 0 Å². The highest BCUT2D eigenvalue weighted by molar-refractivity contribution is 9.10. The van der Waals surface area contributed by atoms with Gasteiger partial charge in [-0.25, -0.2) is 4.98 Å². The molecule has 1 unspecified atom stereocenters. The molecule has 1 aromatic heterocycles. The van der Waals surface area contributed by atoms with Crippen LogP contribution in [0.1, 0.15) is 13.3 Å². The van der Waals surface area contributed by atoms with E-state index in [1.54, 1.807) is 13.1 Å². The molecule has 120 valence electrons. The lowest BCUT2D eigenvalue weighted by atomic mass is 10.3. The Morgan fingerprint density at radius 1 is 1.64 bits per heavy atom. The van der Waals surface area contributed by atoms with Crippen LogP contribution in [0.5, 0.6) is 0 Å². The quantitative estimate of drug-likeness (QED) is 0.350. The van der Waals surface area contributed by atoms with Crippen molar-refractivity contribution in [1.82, 2.24) is 15.2 Å². The van der Waals surface area contributed by atoms with Gasteiger partial charge in [0.2, 0.25) is 0 Å². The summed E-state index contributed by atoms with van der Waals surface area (Å²) in [5, 5.41) is 22.0. The normalized spacial score (nSPS) is 18.2. The van der Waals surface area contributed by atoms with Crippen LogP contribution in [0.3, 0.4) is 0 Å². The molecule has 7 nitrogen and oxygen atoms in total. The van der Waals surface area contributed by atoms with Gasteiger partial charge in [-0.05, 0) is 48.9 Å². The molecule has 0 spiro atoms. The molecule has 1 saturated heterocycles. The monoisotopic (exact) mass is 367 g/mol. The van der Waals surface area contributed by atoms with Crippen LogP contribution in [0.15, 0.2) is 16.7 Å². The molecule has 1 aromatic rings. The highest BCUT2D eigenvalue weighted by atomic mass is 79.9. The number of pyridine rings is 1. The van der Waals surface area contributed by atoms with Crippen LogP contribution in [0.25, 0.3) is 0 Å². The minimum Gasteiger partial charge on any atom is -0.356 e. The van der Waals surface area contributed by atoms with Crippen molar-refractivity contribution in [3.63, 3.8) is 0 Å². The maximum atomic E-state index is 7.77. The Hall–Kier alpha value is -1.51. The SMILES string of the molecule is CC(=N)N(C=N)c1cc(Br)cnc1NCNC1CCN(C)C1. The standard InChI is InChI=1S/C14H22BrN7/c1-10(17)22(8-16)13-5-11(15)6-18-14(13)20-9-19-12-3-4-21(2)7-12/h5-6,8,12,16-17,19H,3-4,7,9H2,1-2H3,(H,18,20). The Morgan fingerprint density at radius 2 is 2.41 bits per heavy atom. The zero-order valence-corrected chi connectivity index (χ0v) is 14.4. The van der Waals surface area contributed by atoms with E-state index in [1.807, 2.05) is 6.07 Å². The lowest BCUT2D eigenvalue weighted by molar-refractivity contribution is 0.400. The van der Waals surface area contributed by atoms with Crippen molar-refractivity contribution in [3.8, 4) is 0 Å². The first-order chi connectivity index (χ1) is 10.5. The van der Waals surface area contributed by atoms with Crippen LogP contribution in [0, 0.1) is 10.8 Å². The minimum absolute atomic E-state index is 0.267. The van der Waals surface area contributed by atoms with Crippen molar-refractivity contribution in [2.75, 3.05) is 37.0 Å². The summed E-state index contributed by atoms with van der Waals surface area (Å²) in [5.74, 6) is 0.917. The number of nitrogens with zero attached hydrogens (tertiary/aromatic N) is 3. The fourth-order valence-corrected chi connectivity index (χ4v) is 2.80. The molecule has 2 heterocycles. The first-order valence-electron chi connectivity index (χ1n) is 7.17. The average molecular weight is 368 g/mol. The summed E-state index contributed by atoms with van der Waals surface area (Å²) in [4.78, 5) is 8.14. The van der Waals surface area contributed by atoms with Crippen LogP contribution in [0.2, 0.25) is 0 Å². The third kappa shape index (κ3) is 4.25. The molecular formula is C14H22BrN7. The van der Waals surface area contributed by atoms with Gasteiger partial charge < -0.3 is 10.2 Å². The molecule has 22 heavy (non-hydrogen) atoms. The molecule has 1 atom stereocenters. The highest BCUT2D eigenvalue weighted by Crippen LogP contribution is 2.26. The van der Waals surface area contributed by atoms with Crippen LogP contribution in [-0.4, -0.2) is 54.9 Å². The van der Waals surface area contributed by atoms with Crippen LogP contribution in [0.4, 0.5) is 11.5 Å². The minimum atomic E-state index is 0.267. The molecule has 1 fully saturated rings. The molecule has 1 aliphatic rings. The smallest absolute Gasteiger partial charge is 0.151 e. The van der Waals surface area contributed by atoms with Gasteiger partial charge in [0.25, 0.3) is 0 Å². The summed E-state index contributed by atoms with van der Waals surface area (Å²) in [6, 6.07) is 2.33. The molecule has 0 saturated carbocycles. The van der Waals surface area contributed by atoms with Crippen LogP contribution >= 0.6 is 15.9 Å². The van der Waals surface area contributed by atoms with Gasteiger partial charge in [0.15, 0.2) is 5.82 Å². The van der Waals surface area contributed by atoms with Crippen molar-refractivity contribution in [3.05, 3.63) is 16.7 Å². The van der Waals surface area contributed by atoms with Crippen molar-refractivity contribution in [2.24, 2.45) is 0 Å². The molecule has 0 bridgehead atoms. The Balaban J connectivity index is 2.03. The summed E-state index contributed by atoms with van der Waals surface area (Å²) in [7, 11) is 2.12. The van der Waals surface area contributed by atoms with Gasteiger partial charge in [-0.1, -0.05) is 0 Å². The van der Waals surface area contributed by atoms with E-state index in [-0.39, 0.29) is 5.84 Å². The Labute approximate surface area is 139 Å². The second kappa shape index (κ2) is 7.66. The third-order valence-electron chi connectivity index (χ3n) is 3.62. The lowest BCUT2D eigenvalue weighted by Crippen LogP contribution is -2.36. The largest absolute Gasteiger partial charge is 0.356 e. The van der Waals surface area contributed by atoms with Gasteiger partial charge in [0, 0.05) is 23.3 Å². The molecule has 1 aliphatic heterocycles. The van der Waals surface area contributed by atoms with Crippen LogP contribution in [-0.2, 0) is 0 Å². The molecule has 4 N–H and O–H groups in total. The Bertz CT molecular complexity index is 548. The molecule has 0 aromatic carbocycles. The van der Waals surface area contributed by atoms with Crippen molar-refractivity contribution >= 4 is 39.6 Å².